The fourth-order valence-corrected chi connectivity index (χ4v) is 2.93. The third-order valence-electron chi connectivity index (χ3n) is 4.34. The van der Waals surface area contributed by atoms with Gasteiger partial charge in [0.05, 0.1) is 5.41 Å². The molecule has 1 aliphatic rings. The number of rotatable bonds is 3. The lowest BCUT2D eigenvalue weighted by molar-refractivity contribution is -0.153. The highest BCUT2D eigenvalue weighted by Gasteiger charge is 2.39. The van der Waals surface area contributed by atoms with Gasteiger partial charge in [0.25, 0.3) is 0 Å². The van der Waals surface area contributed by atoms with Crippen molar-refractivity contribution in [3.63, 3.8) is 0 Å². The Morgan fingerprint density at radius 3 is 2.87 bits per heavy atom. The van der Waals surface area contributed by atoms with Gasteiger partial charge < -0.3 is 10.0 Å². The number of piperidine rings is 1. The van der Waals surface area contributed by atoms with E-state index in [1.54, 1.807) is 31.3 Å². The molecule has 1 fully saturated rings. The molecule has 23 heavy (non-hydrogen) atoms. The number of fused-ring (bicyclic) bond motifs is 1. The van der Waals surface area contributed by atoms with Gasteiger partial charge in [0, 0.05) is 19.3 Å². The van der Waals surface area contributed by atoms with Gasteiger partial charge in [-0.2, -0.15) is 0 Å². The van der Waals surface area contributed by atoms with Crippen LogP contribution in [-0.4, -0.2) is 49.2 Å². The van der Waals surface area contributed by atoms with Crippen LogP contribution in [0.5, 0.6) is 0 Å². The fourth-order valence-electron chi connectivity index (χ4n) is 2.93. The van der Waals surface area contributed by atoms with Crippen LogP contribution in [0.15, 0.2) is 29.2 Å². The van der Waals surface area contributed by atoms with E-state index in [2.05, 4.69) is 5.10 Å². The molecule has 0 aromatic carbocycles. The van der Waals surface area contributed by atoms with Crippen LogP contribution < -0.4 is 5.69 Å². The van der Waals surface area contributed by atoms with Gasteiger partial charge in [-0.15, -0.1) is 5.10 Å². The molecule has 8 heteroatoms. The Morgan fingerprint density at radius 1 is 1.39 bits per heavy atom. The molecule has 8 nitrogen and oxygen atoms in total. The quantitative estimate of drug-likeness (QED) is 0.872. The highest BCUT2D eigenvalue weighted by molar-refractivity contribution is 5.79. The van der Waals surface area contributed by atoms with E-state index in [1.807, 2.05) is 0 Å². The molecular weight excluding hydrogens is 300 g/mol. The smallest absolute Gasteiger partial charge is 0.350 e. The third-order valence-corrected chi connectivity index (χ3v) is 4.34. The second-order valence-corrected chi connectivity index (χ2v) is 6.15. The number of aromatic nitrogens is 3. The predicted octanol–water partition coefficient (Wildman–Crippen LogP) is 0.209. The van der Waals surface area contributed by atoms with Crippen LogP contribution in [0.3, 0.4) is 0 Å². The van der Waals surface area contributed by atoms with E-state index in [4.69, 9.17) is 0 Å². The van der Waals surface area contributed by atoms with Crippen LogP contribution in [0, 0.1) is 5.41 Å². The SMILES string of the molecule is CC1(C(=O)O)CCCN(C(=O)Cn2nc3ccccn3c2=O)C1. The number of likely N-dealkylation sites (tertiary alicyclic amines) is 1. The molecule has 1 unspecified atom stereocenters. The predicted molar refractivity (Wildman–Crippen MR) is 81.0 cm³/mol. The molecule has 3 heterocycles. The van der Waals surface area contributed by atoms with Gasteiger partial charge in [-0.05, 0) is 31.9 Å². The molecule has 1 N–H and O–H groups in total. The number of aliphatic carboxylic acids is 1. The largest absolute Gasteiger partial charge is 0.481 e. The standard InChI is InChI=1S/C15H18N4O4/c1-15(13(21)22)6-4-7-17(10-15)12(20)9-19-14(23)18-8-3-2-5-11(18)16-19/h2-3,5,8H,4,6-7,9-10H2,1H3,(H,21,22). The summed E-state index contributed by atoms with van der Waals surface area (Å²) >= 11 is 0. The molecule has 0 aliphatic carbocycles. The molecule has 3 rings (SSSR count). The molecule has 2 aromatic heterocycles. The first-order chi connectivity index (χ1) is 10.9. The second kappa shape index (κ2) is 5.53. The Bertz CT molecular complexity index is 824. The van der Waals surface area contributed by atoms with Gasteiger partial charge in [-0.25, -0.2) is 9.48 Å². The minimum atomic E-state index is -0.933. The van der Waals surface area contributed by atoms with E-state index >= 15 is 0 Å². The first-order valence-electron chi connectivity index (χ1n) is 7.46. The van der Waals surface area contributed by atoms with Gasteiger partial charge in [0.1, 0.15) is 6.54 Å². The zero-order valence-corrected chi connectivity index (χ0v) is 12.8. The average Bonchev–Trinajstić information content (AvgIpc) is 2.84. The number of hydrogen-bond acceptors (Lipinski definition) is 4. The maximum Gasteiger partial charge on any atom is 0.350 e. The Balaban J connectivity index is 1.79. The molecule has 0 saturated carbocycles. The highest BCUT2D eigenvalue weighted by atomic mass is 16.4. The molecule has 0 radical (unpaired) electrons. The van der Waals surface area contributed by atoms with Gasteiger partial charge in [0.15, 0.2) is 5.65 Å². The summed E-state index contributed by atoms with van der Waals surface area (Å²) in [5.74, 6) is -1.19. The van der Waals surface area contributed by atoms with E-state index in [0.717, 1.165) is 4.68 Å². The van der Waals surface area contributed by atoms with Crippen molar-refractivity contribution in [1.82, 2.24) is 19.1 Å². The maximum atomic E-state index is 12.4. The number of nitrogens with zero attached hydrogens (tertiary/aromatic N) is 4. The Kier molecular flexibility index (Phi) is 3.67. The van der Waals surface area contributed by atoms with Crippen molar-refractivity contribution in [2.75, 3.05) is 13.1 Å². The first-order valence-corrected chi connectivity index (χ1v) is 7.46. The summed E-state index contributed by atoms with van der Waals surface area (Å²) in [5.41, 5.74) is -0.844. The van der Waals surface area contributed by atoms with E-state index in [1.165, 1.54) is 9.30 Å². The van der Waals surface area contributed by atoms with E-state index < -0.39 is 11.4 Å². The molecule has 1 amide bonds. The summed E-state index contributed by atoms with van der Waals surface area (Å²) in [4.78, 5) is 37.5. The average molecular weight is 318 g/mol. The number of carboxylic acid groups (broad SMARTS) is 1. The molecular formula is C15H18N4O4. The van der Waals surface area contributed by atoms with Crippen LogP contribution in [0.25, 0.3) is 5.65 Å². The fraction of sp³-hybridized carbons (Fsp3) is 0.467. The van der Waals surface area contributed by atoms with Crippen molar-refractivity contribution in [1.29, 1.82) is 0 Å². The van der Waals surface area contributed by atoms with Crippen molar-refractivity contribution in [2.45, 2.75) is 26.3 Å². The number of carboxylic acids is 1. The van der Waals surface area contributed by atoms with Crippen molar-refractivity contribution < 1.29 is 14.7 Å². The molecule has 122 valence electrons. The lowest BCUT2D eigenvalue weighted by atomic mass is 9.82. The molecule has 0 bridgehead atoms. The minimum absolute atomic E-state index is 0.156. The summed E-state index contributed by atoms with van der Waals surface area (Å²) < 4.78 is 2.48. The Hall–Kier alpha value is -2.64. The lowest BCUT2D eigenvalue weighted by Gasteiger charge is -2.37. The van der Waals surface area contributed by atoms with Gasteiger partial charge in [-0.1, -0.05) is 6.07 Å². The maximum absolute atomic E-state index is 12.4. The lowest BCUT2D eigenvalue weighted by Crippen LogP contribution is -2.49. The van der Waals surface area contributed by atoms with E-state index in [9.17, 15) is 19.5 Å². The van der Waals surface area contributed by atoms with Crippen LogP contribution >= 0.6 is 0 Å². The zero-order chi connectivity index (χ0) is 16.6. The Labute approximate surface area is 131 Å². The molecule has 1 aliphatic heterocycles. The van der Waals surface area contributed by atoms with E-state index in [-0.39, 0.29) is 24.7 Å². The van der Waals surface area contributed by atoms with E-state index in [0.29, 0.717) is 25.0 Å². The summed E-state index contributed by atoms with van der Waals surface area (Å²) in [6.45, 7) is 2.12. The van der Waals surface area contributed by atoms with Crippen LogP contribution in [0.1, 0.15) is 19.8 Å². The topological polar surface area (TPSA) is 96.9 Å². The van der Waals surface area contributed by atoms with Crippen molar-refractivity contribution >= 4 is 17.5 Å². The van der Waals surface area contributed by atoms with Crippen LogP contribution in [0.2, 0.25) is 0 Å². The minimum Gasteiger partial charge on any atom is -0.481 e. The van der Waals surface area contributed by atoms with Gasteiger partial charge in [-0.3, -0.25) is 14.0 Å². The number of carbonyl (C=O) groups is 2. The zero-order valence-electron chi connectivity index (χ0n) is 12.8. The highest BCUT2D eigenvalue weighted by Crippen LogP contribution is 2.29. The summed E-state index contributed by atoms with van der Waals surface area (Å²) in [7, 11) is 0. The van der Waals surface area contributed by atoms with Crippen molar-refractivity contribution in [2.24, 2.45) is 5.41 Å². The second-order valence-electron chi connectivity index (χ2n) is 6.15. The number of hydrogen-bond donors (Lipinski definition) is 1. The number of pyridine rings is 1. The van der Waals surface area contributed by atoms with Gasteiger partial charge in [0.2, 0.25) is 5.91 Å². The number of carbonyl (C=O) groups excluding carboxylic acids is 1. The van der Waals surface area contributed by atoms with Crippen LogP contribution in [0.4, 0.5) is 0 Å². The third kappa shape index (κ3) is 2.71. The van der Waals surface area contributed by atoms with Crippen molar-refractivity contribution in [3.05, 3.63) is 34.9 Å². The molecule has 0 spiro atoms. The number of amides is 1. The molecule has 1 saturated heterocycles. The molecule has 2 aromatic rings. The summed E-state index contributed by atoms with van der Waals surface area (Å²) in [6.07, 6.45) is 2.77. The Morgan fingerprint density at radius 2 is 2.17 bits per heavy atom. The normalized spacial score (nSPS) is 21.5. The van der Waals surface area contributed by atoms with Crippen LogP contribution in [-0.2, 0) is 16.1 Å². The van der Waals surface area contributed by atoms with Gasteiger partial charge >= 0.3 is 11.7 Å². The first kappa shape index (κ1) is 15.3. The van der Waals surface area contributed by atoms with Crippen molar-refractivity contribution in [3.8, 4) is 0 Å². The monoisotopic (exact) mass is 318 g/mol. The molecule has 1 atom stereocenters. The summed E-state index contributed by atoms with van der Waals surface area (Å²) in [5, 5.41) is 13.4. The summed E-state index contributed by atoms with van der Waals surface area (Å²) in [6, 6.07) is 5.16.